The number of terminal acetylenes is 1. The molecule has 0 atom stereocenters. The van der Waals surface area contributed by atoms with Gasteiger partial charge in [-0.1, -0.05) is 12.8 Å². The smallest absolute Gasteiger partial charge is 0.222 e. The SMILES string of the molecule is C#CCCC1(CCC(=O)N2CCOCC3(CCCC3)C2)N=N1. The lowest BCUT2D eigenvalue weighted by molar-refractivity contribution is -0.132. The molecule has 2 heterocycles. The minimum atomic E-state index is -0.352. The summed E-state index contributed by atoms with van der Waals surface area (Å²) in [4.78, 5) is 14.6. The van der Waals surface area contributed by atoms with Crippen molar-refractivity contribution in [3.05, 3.63) is 0 Å². The number of carbonyl (C=O) groups is 1. The topological polar surface area (TPSA) is 54.3 Å². The Hall–Kier alpha value is -1.41. The third kappa shape index (κ3) is 3.49. The summed E-state index contributed by atoms with van der Waals surface area (Å²) in [6.45, 7) is 3.04. The van der Waals surface area contributed by atoms with Crippen LogP contribution in [-0.2, 0) is 9.53 Å². The second-order valence-corrected chi connectivity index (χ2v) is 6.96. The first-order valence-electron chi connectivity index (χ1n) is 8.40. The quantitative estimate of drug-likeness (QED) is 0.733. The van der Waals surface area contributed by atoms with Gasteiger partial charge < -0.3 is 9.64 Å². The van der Waals surface area contributed by atoms with Gasteiger partial charge in [0.15, 0.2) is 5.66 Å². The molecule has 2 fully saturated rings. The van der Waals surface area contributed by atoms with Gasteiger partial charge in [-0.25, -0.2) is 0 Å². The molecule has 1 saturated carbocycles. The fraction of sp³-hybridized carbons (Fsp3) is 0.824. The zero-order chi connectivity index (χ0) is 15.5. The summed E-state index contributed by atoms with van der Waals surface area (Å²) in [5.74, 6) is 2.84. The molecule has 1 spiro atoms. The Bertz CT molecular complexity index is 483. The Morgan fingerprint density at radius 1 is 1.27 bits per heavy atom. The predicted octanol–water partition coefficient (Wildman–Crippen LogP) is 2.76. The normalized spacial score (nSPS) is 25.0. The fourth-order valence-corrected chi connectivity index (χ4v) is 3.77. The molecule has 0 unspecified atom stereocenters. The van der Waals surface area contributed by atoms with Crippen LogP contribution in [0, 0.1) is 17.8 Å². The van der Waals surface area contributed by atoms with Crippen LogP contribution in [0.1, 0.15) is 51.4 Å². The molecular weight excluding hydrogens is 278 g/mol. The van der Waals surface area contributed by atoms with Crippen molar-refractivity contribution in [2.75, 3.05) is 26.3 Å². The van der Waals surface area contributed by atoms with Crippen molar-refractivity contribution < 1.29 is 9.53 Å². The molecule has 0 aromatic carbocycles. The van der Waals surface area contributed by atoms with Crippen LogP contribution in [-0.4, -0.2) is 42.8 Å². The van der Waals surface area contributed by atoms with E-state index in [1.165, 1.54) is 25.7 Å². The van der Waals surface area contributed by atoms with Crippen LogP contribution in [0.4, 0.5) is 0 Å². The van der Waals surface area contributed by atoms with Crippen molar-refractivity contribution in [2.45, 2.75) is 57.0 Å². The molecule has 5 nitrogen and oxygen atoms in total. The van der Waals surface area contributed by atoms with Gasteiger partial charge in [-0.05, 0) is 12.8 Å². The van der Waals surface area contributed by atoms with Crippen molar-refractivity contribution in [1.29, 1.82) is 0 Å². The molecule has 0 aromatic heterocycles. The Labute approximate surface area is 132 Å². The zero-order valence-corrected chi connectivity index (χ0v) is 13.2. The van der Waals surface area contributed by atoms with E-state index in [4.69, 9.17) is 11.2 Å². The number of ether oxygens (including phenoxy) is 1. The number of hydrogen-bond acceptors (Lipinski definition) is 4. The molecule has 22 heavy (non-hydrogen) atoms. The molecule has 5 heteroatoms. The standard InChI is InChI=1S/C17H25N3O2/c1-2-3-9-17(18-19-17)10-6-15(21)20-11-12-22-14-16(13-20)7-4-5-8-16/h1H,3-14H2. The van der Waals surface area contributed by atoms with E-state index < -0.39 is 0 Å². The van der Waals surface area contributed by atoms with Gasteiger partial charge in [0.05, 0.1) is 13.2 Å². The number of amides is 1. The van der Waals surface area contributed by atoms with E-state index in [0.29, 0.717) is 32.4 Å². The van der Waals surface area contributed by atoms with E-state index in [0.717, 1.165) is 19.6 Å². The first-order valence-corrected chi connectivity index (χ1v) is 8.40. The Morgan fingerprint density at radius 3 is 2.73 bits per heavy atom. The highest BCUT2D eigenvalue weighted by Gasteiger charge is 2.41. The highest BCUT2D eigenvalue weighted by Crippen LogP contribution is 2.41. The van der Waals surface area contributed by atoms with E-state index in [1.54, 1.807) is 0 Å². The average Bonchev–Trinajstić information content (AvgIpc) is 3.21. The van der Waals surface area contributed by atoms with Crippen molar-refractivity contribution in [1.82, 2.24) is 4.90 Å². The lowest BCUT2D eigenvalue weighted by Crippen LogP contribution is -2.40. The maximum atomic E-state index is 12.6. The van der Waals surface area contributed by atoms with Crippen LogP contribution in [0.2, 0.25) is 0 Å². The third-order valence-corrected chi connectivity index (χ3v) is 5.25. The minimum Gasteiger partial charge on any atom is -0.379 e. The summed E-state index contributed by atoms with van der Waals surface area (Å²) >= 11 is 0. The van der Waals surface area contributed by atoms with Gasteiger partial charge in [0.2, 0.25) is 5.91 Å². The van der Waals surface area contributed by atoms with Crippen LogP contribution >= 0.6 is 0 Å². The van der Waals surface area contributed by atoms with E-state index in [9.17, 15) is 4.79 Å². The van der Waals surface area contributed by atoms with Crippen molar-refractivity contribution >= 4 is 5.91 Å². The predicted molar refractivity (Wildman–Crippen MR) is 83.2 cm³/mol. The van der Waals surface area contributed by atoms with Gasteiger partial charge >= 0.3 is 0 Å². The Balaban J connectivity index is 1.52. The summed E-state index contributed by atoms with van der Waals surface area (Å²) in [5, 5.41) is 8.22. The molecule has 3 aliphatic rings. The monoisotopic (exact) mass is 303 g/mol. The number of rotatable bonds is 5. The second kappa shape index (κ2) is 6.37. The van der Waals surface area contributed by atoms with Gasteiger partial charge in [-0.2, -0.15) is 10.2 Å². The molecule has 1 amide bonds. The van der Waals surface area contributed by atoms with E-state index >= 15 is 0 Å². The maximum absolute atomic E-state index is 12.6. The number of hydrogen-bond donors (Lipinski definition) is 0. The maximum Gasteiger partial charge on any atom is 0.222 e. The first-order chi connectivity index (χ1) is 10.7. The van der Waals surface area contributed by atoms with E-state index in [-0.39, 0.29) is 17.0 Å². The summed E-state index contributed by atoms with van der Waals surface area (Å²) in [5.41, 5.74) is -0.142. The summed E-state index contributed by atoms with van der Waals surface area (Å²) in [6.07, 6.45) is 12.8. The summed E-state index contributed by atoms with van der Waals surface area (Å²) in [7, 11) is 0. The molecule has 120 valence electrons. The molecule has 0 aromatic rings. The molecule has 0 bridgehead atoms. The van der Waals surface area contributed by atoms with Crippen LogP contribution in [0.15, 0.2) is 10.2 Å². The number of nitrogens with zero attached hydrogens (tertiary/aromatic N) is 3. The molecule has 0 radical (unpaired) electrons. The molecule has 1 aliphatic carbocycles. The number of carbonyl (C=O) groups excluding carboxylic acids is 1. The highest BCUT2D eigenvalue weighted by atomic mass is 16.5. The first kappa shape index (κ1) is 15.5. The Kier molecular flexibility index (Phi) is 4.49. The van der Waals surface area contributed by atoms with Gasteiger partial charge in [-0.15, -0.1) is 12.3 Å². The van der Waals surface area contributed by atoms with Crippen LogP contribution in [0.25, 0.3) is 0 Å². The molecular formula is C17H25N3O2. The zero-order valence-electron chi connectivity index (χ0n) is 13.2. The van der Waals surface area contributed by atoms with Gasteiger partial charge in [0.1, 0.15) is 0 Å². The van der Waals surface area contributed by atoms with Gasteiger partial charge in [-0.3, -0.25) is 4.79 Å². The van der Waals surface area contributed by atoms with E-state index in [2.05, 4.69) is 16.1 Å². The van der Waals surface area contributed by atoms with Gasteiger partial charge in [0, 0.05) is 44.2 Å². The highest BCUT2D eigenvalue weighted by molar-refractivity contribution is 5.76. The van der Waals surface area contributed by atoms with E-state index in [1.807, 2.05) is 4.90 Å². The molecule has 1 saturated heterocycles. The van der Waals surface area contributed by atoms with Crippen molar-refractivity contribution in [3.63, 3.8) is 0 Å². The summed E-state index contributed by atoms with van der Waals surface area (Å²) in [6, 6.07) is 0. The largest absolute Gasteiger partial charge is 0.379 e. The lowest BCUT2D eigenvalue weighted by Gasteiger charge is -2.31. The molecule has 0 N–H and O–H groups in total. The lowest BCUT2D eigenvalue weighted by atomic mass is 9.86. The molecule has 3 rings (SSSR count). The summed E-state index contributed by atoms with van der Waals surface area (Å²) < 4.78 is 5.77. The van der Waals surface area contributed by atoms with Crippen molar-refractivity contribution in [2.24, 2.45) is 15.6 Å². The average molecular weight is 303 g/mol. The van der Waals surface area contributed by atoms with Gasteiger partial charge in [0.25, 0.3) is 0 Å². The minimum absolute atomic E-state index is 0.210. The van der Waals surface area contributed by atoms with Crippen LogP contribution in [0.5, 0.6) is 0 Å². The van der Waals surface area contributed by atoms with Crippen LogP contribution < -0.4 is 0 Å². The fourth-order valence-electron chi connectivity index (χ4n) is 3.77. The van der Waals surface area contributed by atoms with Crippen molar-refractivity contribution in [3.8, 4) is 12.3 Å². The Morgan fingerprint density at radius 2 is 2.05 bits per heavy atom. The van der Waals surface area contributed by atoms with Crippen LogP contribution in [0.3, 0.4) is 0 Å². The second-order valence-electron chi connectivity index (χ2n) is 6.96. The molecule has 2 aliphatic heterocycles. The third-order valence-electron chi connectivity index (χ3n) is 5.25.